The van der Waals surface area contributed by atoms with Crippen LogP contribution in [0.15, 0.2) is 18.2 Å². The van der Waals surface area contributed by atoms with Crippen molar-refractivity contribution in [1.29, 1.82) is 0 Å². The van der Waals surface area contributed by atoms with Gasteiger partial charge in [-0.15, -0.1) is 0 Å². The molecule has 23 heavy (non-hydrogen) atoms. The smallest absolute Gasteiger partial charge is 0.328 e. The Morgan fingerprint density at radius 2 is 1.83 bits per heavy atom. The molecule has 0 spiro atoms. The molecule has 1 N–H and O–H groups in total. The van der Waals surface area contributed by atoms with Crippen molar-refractivity contribution in [3.63, 3.8) is 0 Å². The first-order valence-electron chi connectivity index (χ1n) is 8.01. The first-order valence-corrected chi connectivity index (χ1v) is 8.01. The number of carbonyl (C=O) groups excluding carboxylic acids is 3. The third-order valence-electron chi connectivity index (χ3n) is 4.69. The summed E-state index contributed by atoms with van der Waals surface area (Å²) in [6.07, 6.45) is 3.10. The Bertz CT molecular complexity index is 636. The van der Waals surface area contributed by atoms with Crippen molar-refractivity contribution >= 4 is 29.6 Å². The first-order chi connectivity index (χ1) is 11.1. The third kappa shape index (κ3) is 3.06. The van der Waals surface area contributed by atoms with Gasteiger partial charge in [0.1, 0.15) is 6.29 Å². The van der Waals surface area contributed by atoms with Crippen LogP contribution in [0.5, 0.6) is 0 Å². The summed E-state index contributed by atoms with van der Waals surface area (Å²) < 4.78 is 0. The second-order valence-electron chi connectivity index (χ2n) is 6.14. The Morgan fingerprint density at radius 1 is 1.13 bits per heavy atom. The van der Waals surface area contributed by atoms with E-state index >= 15 is 0 Å². The molecule has 122 valence electrons. The van der Waals surface area contributed by atoms with E-state index in [0.717, 1.165) is 49.2 Å². The van der Waals surface area contributed by atoms with E-state index in [1.807, 2.05) is 25.1 Å². The Kier molecular flexibility index (Phi) is 4.32. The van der Waals surface area contributed by atoms with Gasteiger partial charge in [-0.3, -0.25) is 15.0 Å². The summed E-state index contributed by atoms with van der Waals surface area (Å²) in [7, 11) is 0. The zero-order valence-corrected chi connectivity index (χ0v) is 13.2. The summed E-state index contributed by atoms with van der Waals surface area (Å²) in [5, 5.41) is 2.36. The van der Waals surface area contributed by atoms with Gasteiger partial charge >= 0.3 is 6.03 Å². The van der Waals surface area contributed by atoms with Crippen molar-refractivity contribution in [2.45, 2.75) is 26.2 Å². The standard InChI is InChI=1S/C17H21N3O3/c1-12-14(19-8-5-13(11-21)6-9-19)3-2-4-15(12)20-10-7-16(22)18-17(20)23/h2-4,11,13H,5-10H2,1H3,(H,18,22,23). The number of nitrogens with one attached hydrogen (secondary N) is 1. The second kappa shape index (κ2) is 6.40. The molecule has 2 fully saturated rings. The van der Waals surface area contributed by atoms with Crippen LogP contribution in [-0.2, 0) is 9.59 Å². The van der Waals surface area contributed by atoms with Crippen LogP contribution in [0.2, 0.25) is 0 Å². The van der Waals surface area contributed by atoms with Gasteiger partial charge in [-0.1, -0.05) is 6.07 Å². The minimum absolute atomic E-state index is 0.161. The molecule has 0 bridgehead atoms. The van der Waals surface area contributed by atoms with E-state index in [9.17, 15) is 14.4 Å². The number of hydrogen-bond acceptors (Lipinski definition) is 4. The maximum atomic E-state index is 12.1. The van der Waals surface area contributed by atoms with Crippen LogP contribution in [-0.4, -0.2) is 37.9 Å². The minimum atomic E-state index is -0.360. The summed E-state index contributed by atoms with van der Waals surface area (Å²) in [5.41, 5.74) is 2.96. The zero-order chi connectivity index (χ0) is 16.4. The lowest BCUT2D eigenvalue weighted by Gasteiger charge is -2.34. The van der Waals surface area contributed by atoms with E-state index in [-0.39, 0.29) is 17.9 Å². The van der Waals surface area contributed by atoms with E-state index < -0.39 is 0 Å². The first kappa shape index (κ1) is 15.5. The van der Waals surface area contributed by atoms with Crippen molar-refractivity contribution in [2.24, 2.45) is 5.92 Å². The van der Waals surface area contributed by atoms with Crippen LogP contribution in [0.4, 0.5) is 16.2 Å². The Hall–Kier alpha value is -2.37. The topological polar surface area (TPSA) is 69.7 Å². The van der Waals surface area contributed by atoms with Gasteiger partial charge in [-0.25, -0.2) is 4.79 Å². The van der Waals surface area contributed by atoms with Crippen LogP contribution in [0.3, 0.4) is 0 Å². The molecule has 0 radical (unpaired) electrons. The number of carbonyl (C=O) groups is 3. The molecule has 2 aliphatic heterocycles. The number of aldehydes is 1. The van der Waals surface area contributed by atoms with Crippen LogP contribution < -0.4 is 15.1 Å². The molecule has 6 heteroatoms. The Balaban J connectivity index is 1.83. The summed E-state index contributed by atoms with van der Waals surface area (Å²) in [4.78, 5) is 38.2. The molecular weight excluding hydrogens is 294 g/mol. The molecule has 6 nitrogen and oxygen atoms in total. The zero-order valence-electron chi connectivity index (χ0n) is 13.2. The number of benzene rings is 1. The fourth-order valence-electron chi connectivity index (χ4n) is 3.32. The normalized spacial score (nSPS) is 19.7. The highest BCUT2D eigenvalue weighted by Gasteiger charge is 2.27. The highest BCUT2D eigenvalue weighted by atomic mass is 16.2. The van der Waals surface area contributed by atoms with Gasteiger partial charge in [0.15, 0.2) is 0 Å². The molecule has 0 atom stereocenters. The average Bonchev–Trinajstić information content (AvgIpc) is 2.56. The number of rotatable bonds is 3. The predicted molar refractivity (Wildman–Crippen MR) is 87.7 cm³/mol. The predicted octanol–water partition coefficient (Wildman–Crippen LogP) is 1.86. The van der Waals surface area contributed by atoms with Gasteiger partial charge in [-0.2, -0.15) is 0 Å². The number of amides is 3. The molecule has 0 saturated carbocycles. The van der Waals surface area contributed by atoms with Crippen molar-refractivity contribution in [3.8, 4) is 0 Å². The maximum absolute atomic E-state index is 12.1. The highest BCUT2D eigenvalue weighted by molar-refractivity contribution is 6.06. The van der Waals surface area contributed by atoms with Crippen molar-refractivity contribution in [2.75, 3.05) is 29.4 Å². The summed E-state index contributed by atoms with van der Waals surface area (Å²) in [6.45, 7) is 4.10. The molecule has 0 unspecified atom stereocenters. The molecule has 1 aromatic rings. The average molecular weight is 315 g/mol. The molecule has 0 aliphatic carbocycles. The van der Waals surface area contributed by atoms with Crippen molar-refractivity contribution in [1.82, 2.24) is 5.32 Å². The van der Waals surface area contributed by atoms with Gasteiger partial charge in [0, 0.05) is 37.7 Å². The van der Waals surface area contributed by atoms with Crippen LogP contribution in [0, 0.1) is 12.8 Å². The number of hydrogen-bond donors (Lipinski definition) is 1. The minimum Gasteiger partial charge on any atom is -0.371 e. The molecule has 0 aromatic heterocycles. The molecular formula is C17H21N3O3. The van der Waals surface area contributed by atoms with Gasteiger partial charge in [0.25, 0.3) is 0 Å². The largest absolute Gasteiger partial charge is 0.371 e. The number of anilines is 2. The number of urea groups is 1. The van der Waals surface area contributed by atoms with Crippen LogP contribution in [0.25, 0.3) is 0 Å². The monoisotopic (exact) mass is 315 g/mol. The Labute approximate surface area is 135 Å². The number of nitrogens with zero attached hydrogens (tertiary/aromatic N) is 2. The fourth-order valence-corrected chi connectivity index (χ4v) is 3.32. The molecule has 2 heterocycles. The molecule has 3 amide bonds. The molecule has 3 rings (SSSR count). The van der Waals surface area contributed by atoms with E-state index in [1.54, 1.807) is 4.90 Å². The number of imide groups is 1. The lowest BCUT2D eigenvalue weighted by molar-refractivity contribution is -0.120. The second-order valence-corrected chi connectivity index (χ2v) is 6.14. The van der Waals surface area contributed by atoms with Crippen LogP contribution >= 0.6 is 0 Å². The van der Waals surface area contributed by atoms with Gasteiger partial charge in [0.2, 0.25) is 5.91 Å². The molecule has 2 saturated heterocycles. The quantitative estimate of drug-likeness (QED) is 0.864. The van der Waals surface area contributed by atoms with Gasteiger partial charge in [-0.05, 0) is 37.5 Å². The van der Waals surface area contributed by atoms with E-state index in [2.05, 4.69) is 10.2 Å². The SMILES string of the molecule is Cc1c(N2CCC(C=O)CC2)cccc1N1CCC(=O)NC1=O. The maximum Gasteiger partial charge on any atom is 0.328 e. The summed E-state index contributed by atoms with van der Waals surface area (Å²) >= 11 is 0. The van der Waals surface area contributed by atoms with Gasteiger partial charge in [0.05, 0.1) is 5.69 Å². The fraction of sp³-hybridized carbons (Fsp3) is 0.471. The molecule has 2 aliphatic rings. The van der Waals surface area contributed by atoms with Gasteiger partial charge < -0.3 is 9.69 Å². The third-order valence-corrected chi connectivity index (χ3v) is 4.69. The van der Waals surface area contributed by atoms with E-state index in [0.29, 0.717) is 13.0 Å². The molecule has 1 aromatic carbocycles. The Morgan fingerprint density at radius 3 is 2.48 bits per heavy atom. The summed E-state index contributed by atoms with van der Waals surface area (Å²) in [6, 6.07) is 5.54. The summed E-state index contributed by atoms with van der Waals surface area (Å²) in [5.74, 6) is -0.0652. The van der Waals surface area contributed by atoms with Crippen molar-refractivity contribution < 1.29 is 14.4 Å². The highest BCUT2D eigenvalue weighted by Crippen LogP contribution is 2.32. The number of piperidine rings is 1. The lowest BCUT2D eigenvalue weighted by atomic mass is 9.97. The lowest BCUT2D eigenvalue weighted by Crippen LogP contribution is -2.49. The van der Waals surface area contributed by atoms with E-state index in [1.165, 1.54) is 0 Å². The van der Waals surface area contributed by atoms with E-state index in [4.69, 9.17) is 0 Å². The van der Waals surface area contributed by atoms with Crippen LogP contribution in [0.1, 0.15) is 24.8 Å². The van der Waals surface area contributed by atoms with Crippen molar-refractivity contribution in [3.05, 3.63) is 23.8 Å².